The maximum atomic E-state index is 11.2. The van der Waals surface area contributed by atoms with E-state index in [0.29, 0.717) is 25.9 Å². The highest BCUT2D eigenvalue weighted by Gasteiger charge is 2.38. The number of nitrogens with zero attached hydrogens (tertiary/aromatic N) is 1. The Hall–Kier alpha value is -1.75. The molecule has 20 heavy (non-hydrogen) atoms. The van der Waals surface area contributed by atoms with Crippen LogP contribution < -0.4 is 0 Å². The molecule has 1 aliphatic rings. The molecule has 0 bridgehead atoms. The maximum Gasteiger partial charge on any atom is 0.309 e. The second kappa shape index (κ2) is 5.32. The largest absolute Gasteiger partial charge is 0.508 e. The van der Waals surface area contributed by atoms with Gasteiger partial charge in [0.05, 0.1) is 5.41 Å². The van der Waals surface area contributed by atoms with Gasteiger partial charge in [0, 0.05) is 17.7 Å². The molecule has 1 fully saturated rings. The zero-order chi connectivity index (χ0) is 14.9. The predicted molar refractivity (Wildman–Crippen MR) is 74.7 cm³/mol. The molecule has 0 saturated carbocycles. The minimum atomic E-state index is -0.739. The molecule has 1 aromatic rings. The molecule has 5 heteroatoms. The van der Waals surface area contributed by atoms with E-state index < -0.39 is 11.4 Å². The lowest BCUT2D eigenvalue weighted by Crippen LogP contribution is -2.43. The van der Waals surface area contributed by atoms with Crippen molar-refractivity contribution in [2.24, 2.45) is 5.41 Å². The SMILES string of the molecule is CC(c1ccc(O)cc1O)N1CCC(C)(C(=O)O)CC1. The fourth-order valence-corrected chi connectivity index (χ4v) is 2.70. The number of phenols is 2. The van der Waals surface area contributed by atoms with Crippen molar-refractivity contribution in [1.82, 2.24) is 4.90 Å². The van der Waals surface area contributed by atoms with Gasteiger partial charge in [0.2, 0.25) is 0 Å². The van der Waals surface area contributed by atoms with Gasteiger partial charge in [0.25, 0.3) is 0 Å². The summed E-state index contributed by atoms with van der Waals surface area (Å²) in [5.41, 5.74) is 0.106. The summed E-state index contributed by atoms with van der Waals surface area (Å²) in [5.74, 6) is -0.628. The van der Waals surface area contributed by atoms with Crippen LogP contribution >= 0.6 is 0 Å². The molecule has 1 aliphatic heterocycles. The molecule has 0 spiro atoms. The number of benzene rings is 1. The van der Waals surface area contributed by atoms with E-state index >= 15 is 0 Å². The highest BCUT2D eigenvalue weighted by Crippen LogP contribution is 2.37. The molecule has 0 radical (unpaired) electrons. The van der Waals surface area contributed by atoms with Crippen LogP contribution in [0.2, 0.25) is 0 Å². The molecule has 110 valence electrons. The Bertz CT molecular complexity index is 507. The van der Waals surface area contributed by atoms with Crippen LogP contribution in [0.1, 0.15) is 38.3 Å². The van der Waals surface area contributed by atoms with E-state index in [4.69, 9.17) is 0 Å². The van der Waals surface area contributed by atoms with Crippen LogP contribution in [0.4, 0.5) is 0 Å². The maximum absolute atomic E-state index is 11.2. The summed E-state index contributed by atoms with van der Waals surface area (Å²) in [7, 11) is 0. The molecule has 1 atom stereocenters. The molecule has 1 aromatic carbocycles. The standard InChI is InChI=1S/C15H21NO4/c1-10(12-4-3-11(17)9-13(12)18)16-7-5-15(2,6-8-16)14(19)20/h3-4,9-10,17-18H,5-8H2,1-2H3,(H,19,20). The number of carboxylic acid groups (broad SMARTS) is 1. The van der Waals surface area contributed by atoms with Gasteiger partial charge in [-0.3, -0.25) is 9.69 Å². The van der Waals surface area contributed by atoms with Crippen molar-refractivity contribution in [1.29, 1.82) is 0 Å². The summed E-state index contributed by atoms with van der Waals surface area (Å²) in [6, 6.07) is 4.59. The number of hydrogen-bond donors (Lipinski definition) is 3. The third-order valence-corrected chi connectivity index (χ3v) is 4.43. The average molecular weight is 279 g/mol. The van der Waals surface area contributed by atoms with Crippen molar-refractivity contribution in [2.45, 2.75) is 32.7 Å². The zero-order valence-electron chi connectivity index (χ0n) is 11.8. The third kappa shape index (κ3) is 2.72. The molecule has 0 aromatic heterocycles. The third-order valence-electron chi connectivity index (χ3n) is 4.43. The monoisotopic (exact) mass is 279 g/mol. The van der Waals surface area contributed by atoms with Crippen LogP contribution in [0.15, 0.2) is 18.2 Å². The predicted octanol–water partition coefficient (Wildman–Crippen LogP) is 2.35. The molecule has 1 saturated heterocycles. The Morgan fingerprint density at radius 2 is 1.90 bits per heavy atom. The molecule has 2 rings (SSSR count). The van der Waals surface area contributed by atoms with Crippen molar-refractivity contribution in [3.8, 4) is 11.5 Å². The lowest BCUT2D eigenvalue weighted by atomic mass is 9.80. The summed E-state index contributed by atoms with van der Waals surface area (Å²) in [6.45, 7) is 5.14. The van der Waals surface area contributed by atoms with E-state index in [-0.39, 0.29) is 17.5 Å². The molecule has 3 N–H and O–H groups in total. The summed E-state index contributed by atoms with van der Waals surface area (Å²) < 4.78 is 0. The van der Waals surface area contributed by atoms with Crippen molar-refractivity contribution < 1.29 is 20.1 Å². The highest BCUT2D eigenvalue weighted by molar-refractivity contribution is 5.74. The number of hydrogen-bond acceptors (Lipinski definition) is 4. The van der Waals surface area contributed by atoms with E-state index in [2.05, 4.69) is 4.90 Å². The number of likely N-dealkylation sites (tertiary alicyclic amines) is 1. The van der Waals surface area contributed by atoms with Gasteiger partial charge in [-0.25, -0.2) is 0 Å². The lowest BCUT2D eigenvalue weighted by molar-refractivity contribution is -0.151. The highest BCUT2D eigenvalue weighted by atomic mass is 16.4. The Kier molecular flexibility index (Phi) is 3.90. The second-order valence-corrected chi connectivity index (χ2v) is 5.82. The van der Waals surface area contributed by atoms with Gasteiger partial charge in [-0.2, -0.15) is 0 Å². The van der Waals surface area contributed by atoms with Crippen molar-refractivity contribution in [3.63, 3.8) is 0 Å². The number of aromatic hydroxyl groups is 2. The van der Waals surface area contributed by atoms with Crippen molar-refractivity contribution >= 4 is 5.97 Å². The van der Waals surface area contributed by atoms with E-state index in [1.807, 2.05) is 6.92 Å². The molecular weight excluding hydrogens is 258 g/mol. The second-order valence-electron chi connectivity index (χ2n) is 5.82. The molecule has 1 unspecified atom stereocenters. The number of rotatable bonds is 3. The normalized spacial score (nSPS) is 20.5. The van der Waals surface area contributed by atoms with Crippen LogP contribution in [-0.2, 0) is 4.79 Å². The van der Waals surface area contributed by atoms with E-state index in [0.717, 1.165) is 5.56 Å². The molecule has 5 nitrogen and oxygen atoms in total. The topological polar surface area (TPSA) is 81.0 Å². The van der Waals surface area contributed by atoms with Gasteiger partial charge in [-0.05, 0) is 45.8 Å². The van der Waals surface area contributed by atoms with Gasteiger partial charge in [-0.1, -0.05) is 6.07 Å². The van der Waals surface area contributed by atoms with Crippen molar-refractivity contribution in [3.05, 3.63) is 23.8 Å². The Morgan fingerprint density at radius 1 is 1.30 bits per heavy atom. The summed E-state index contributed by atoms with van der Waals surface area (Å²) in [6.07, 6.45) is 1.21. The zero-order valence-corrected chi connectivity index (χ0v) is 11.8. The van der Waals surface area contributed by atoms with Crippen LogP contribution in [0.5, 0.6) is 11.5 Å². The number of carbonyl (C=O) groups is 1. The quantitative estimate of drug-likeness (QED) is 0.791. The van der Waals surface area contributed by atoms with E-state index in [9.17, 15) is 20.1 Å². The van der Waals surface area contributed by atoms with Crippen LogP contribution in [0.25, 0.3) is 0 Å². The first-order valence-electron chi connectivity index (χ1n) is 6.83. The first kappa shape index (κ1) is 14.7. The van der Waals surface area contributed by atoms with Crippen molar-refractivity contribution in [2.75, 3.05) is 13.1 Å². The minimum absolute atomic E-state index is 0.00561. The number of aliphatic carboxylic acids is 1. The number of carboxylic acids is 1. The average Bonchev–Trinajstić information content (AvgIpc) is 2.38. The number of phenolic OH excluding ortho intramolecular Hbond substituents is 2. The smallest absolute Gasteiger partial charge is 0.309 e. The molecular formula is C15H21NO4. The first-order chi connectivity index (χ1) is 9.33. The Morgan fingerprint density at radius 3 is 2.40 bits per heavy atom. The van der Waals surface area contributed by atoms with Crippen LogP contribution in [0, 0.1) is 5.41 Å². The Labute approximate surface area is 118 Å². The lowest BCUT2D eigenvalue weighted by Gasteiger charge is -2.39. The summed E-state index contributed by atoms with van der Waals surface area (Å²) in [5, 5.41) is 28.5. The first-order valence-corrected chi connectivity index (χ1v) is 6.83. The fourth-order valence-electron chi connectivity index (χ4n) is 2.70. The summed E-state index contributed by atoms with van der Waals surface area (Å²) >= 11 is 0. The molecule has 0 aliphatic carbocycles. The molecule has 0 amide bonds. The fraction of sp³-hybridized carbons (Fsp3) is 0.533. The van der Waals surface area contributed by atoms with Gasteiger partial charge in [0.15, 0.2) is 0 Å². The summed E-state index contributed by atoms with van der Waals surface area (Å²) in [4.78, 5) is 13.4. The molecule has 1 heterocycles. The minimum Gasteiger partial charge on any atom is -0.508 e. The van der Waals surface area contributed by atoms with Crippen LogP contribution in [0.3, 0.4) is 0 Å². The van der Waals surface area contributed by atoms with E-state index in [1.165, 1.54) is 6.07 Å². The van der Waals surface area contributed by atoms with Gasteiger partial charge in [0.1, 0.15) is 11.5 Å². The Balaban J connectivity index is 2.08. The van der Waals surface area contributed by atoms with E-state index in [1.54, 1.807) is 19.1 Å². The van der Waals surface area contributed by atoms with Crippen LogP contribution in [-0.4, -0.2) is 39.3 Å². The van der Waals surface area contributed by atoms with Gasteiger partial charge in [-0.15, -0.1) is 0 Å². The van der Waals surface area contributed by atoms with Gasteiger partial charge < -0.3 is 15.3 Å². The van der Waals surface area contributed by atoms with Gasteiger partial charge >= 0.3 is 5.97 Å². The number of piperidine rings is 1.